The molecule has 2 aliphatic rings. The Balaban J connectivity index is 1.44. The fourth-order valence-corrected chi connectivity index (χ4v) is 4.95. The zero-order chi connectivity index (χ0) is 32.5. The van der Waals surface area contributed by atoms with Gasteiger partial charge in [0.1, 0.15) is 5.69 Å². The summed E-state index contributed by atoms with van der Waals surface area (Å²) in [6.45, 7) is 4.39. The van der Waals surface area contributed by atoms with Crippen molar-refractivity contribution in [3.05, 3.63) is 41.7 Å². The number of aryl methyl sites for hydroxylation is 1. The van der Waals surface area contributed by atoms with Crippen LogP contribution in [0.15, 0.2) is 30.3 Å². The average molecular weight is 579 g/mol. The minimum Gasteiger partial charge on any atom is -0.494 e. The standard InChI is InChI=1S/C29H37N9O4/c1-17(2)37-11-13-38(14-12-37)29(41)23-15-21(35-36(23)4)19-7-6-8-20(26(19)42-5)31-22-16-24(32-27(39)18-9-10-18)33-34-25(22)28(40)30-3/h6-8,15-18H,9-14H2,1-5H3,(H,30,40)(H2,31,32,33,39)/i3D3. The summed E-state index contributed by atoms with van der Waals surface area (Å²) >= 11 is 0. The molecule has 0 atom stereocenters. The van der Waals surface area contributed by atoms with E-state index >= 15 is 0 Å². The first-order valence-corrected chi connectivity index (χ1v) is 13.9. The van der Waals surface area contributed by atoms with Gasteiger partial charge in [-0.3, -0.25) is 24.0 Å². The summed E-state index contributed by atoms with van der Waals surface area (Å²) in [5, 5.41) is 20.2. The Labute approximate surface area is 248 Å². The normalized spacial score (nSPS) is 16.8. The molecule has 13 heteroatoms. The van der Waals surface area contributed by atoms with Crippen LogP contribution in [-0.2, 0) is 11.8 Å². The number of hydrogen-bond acceptors (Lipinski definition) is 9. The number of aromatic nitrogens is 4. The maximum Gasteiger partial charge on any atom is 0.273 e. The molecule has 2 fully saturated rings. The predicted octanol–water partition coefficient (Wildman–Crippen LogP) is 2.50. The Bertz CT molecular complexity index is 1600. The van der Waals surface area contributed by atoms with Crippen molar-refractivity contribution in [2.24, 2.45) is 13.0 Å². The van der Waals surface area contributed by atoms with Crippen molar-refractivity contribution in [3.8, 4) is 17.0 Å². The molecule has 1 aromatic carbocycles. The summed E-state index contributed by atoms with van der Waals surface area (Å²) in [5.74, 6) is -0.960. The number of carbonyl (C=O) groups is 3. The van der Waals surface area contributed by atoms with Crippen molar-refractivity contribution in [1.29, 1.82) is 0 Å². The van der Waals surface area contributed by atoms with Crippen molar-refractivity contribution in [1.82, 2.24) is 35.1 Å². The van der Waals surface area contributed by atoms with Gasteiger partial charge in [-0.25, -0.2) is 0 Å². The van der Waals surface area contributed by atoms with Crippen molar-refractivity contribution in [3.63, 3.8) is 0 Å². The van der Waals surface area contributed by atoms with E-state index in [1.54, 1.807) is 36.0 Å². The molecule has 222 valence electrons. The van der Waals surface area contributed by atoms with Crippen LogP contribution in [0.25, 0.3) is 11.3 Å². The Morgan fingerprint density at radius 2 is 1.83 bits per heavy atom. The lowest BCUT2D eigenvalue weighted by atomic mass is 10.1. The van der Waals surface area contributed by atoms with E-state index in [0.29, 0.717) is 47.5 Å². The first kappa shape index (κ1) is 25.2. The number of hydrogen-bond donors (Lipinski definition) is 3. The van der Waals surface area contributed by atoms with Crippen molar-refractivity contribution >= 4 is 34.9 Å². The zero-order valence-electron chi connectivity index (χ0n) is 27.1. The Morgan fingerprint density at radius 1 is 1.07 bits per heavy atom. The first-order valence-electron chi connectivity index (χ1n) is 15.4. The summed E-state index contributed by atoms with van der Waals surface area (Å²) in [7, 11) is 3.19. The number of methoxy groups -OCH3 is 1. The van der Waals surface area contributed by atoms with E-state index in [1.165, 1.54) is 13.2 Å². The Kier molecular flexibility index (Phi) is 7.29. The smallest absolute Gasteiger partial charge is 0.273 e. The highest BCUT2D eigenvalue weighted by Gasteiger charge is 2.30. The topological polar surface area (TPSA) is 147 Å². The Hall–Kier alpha value is -4.52. The highest BCUT2D eigenvalue weighted by molar-refractivity contribution is 6.00. The number of benzene rings is 1. The van der Waals surface area contributed by atoms with E-state index in [2.05, 4.69) is 44.7 Å². The quantitative estimate of drug-likeness (QED) is 0.348. The maximum absolute atomic E-state index is 13.4. The van der Waals surface area contributed by atoms with Gasteiger partial charge in [-0.15, -0.1) is 10.2 Å². The summed E-state index contributed by atoms with van der Waals surface area (Å²) in [6.07, 6.45) is 1.56. The molecule has 42 heavy (non-hydrogen) atoms. The highest BCUT2D eigenvalue weighted by Crippen LogP contribution is 2.38. The van der Waals surface area contributed by atoms with Crippen LogP contribution in [0.1, 0.15) is 51.8 Å². The van der Waals surface area contributed by atoms with Gasteiger partial charge in [0.25, 0.3) is 11.8 Å². The second kappa shape index (κ2) is 12.1. The van der Waals surface area contributed by atoms with Crippen LogP contribution in [-0.4, -0.2) is 93.8 Å². The van der Waals surface area contributed by atoms with Gasteiger partial charge >= 0.3 is 0 Å². The molecule has 1 saturated carbocycles. The van der Waals surface area contributed by atoms with Gasteiger partial charge < -0.3 is 25.6 Å². The van der Waals surface area contributed by atoms with Crippen LogP contribution < -0.4 is 20.7 Å². The molecule has 5 rings (SSSR count). The number of amides is 3. The molecule has 3 aromatic rings. The molecule has 1 saturated heterocycles. The fourth-order valence-electron chi connectivity index (χ4n) is 4.95. The molecular weight excluding hydrogens is 538 g/mol. The molecule has 1 aliphatic heterocycles. The van der Waals surface area contributed by atoms with E-state index in [4.69, 9.17) is 8.85 Å². The van der Waals surface area contributed by atoms with Crippen LogP contribution in [0.5, 0.6) is 5.75 Å². The number of nitrogens with one attached hydrogen (secondary N) is 3. The molecule has 3 amide bonds. The third kappa shape index (κ3) is 6.05. The maximum atomic E-state index is 13.4. The highest BCUT2D eigenvalue weighted by atomic mass is 16.5. The van der Waals surface area contributed by atoms with E-state index < -0.39 is 12.9 Å². The van der Waals surface area contributed by atoms with Crippen LogP contribution in [0, 0.1) is 5.92 Å². The second-order valence-electron chi connectivity index (χ2n) is 10.7. The third-order valence-electron chi connectivity index (χ3n) is 7.52. The molecule has 0 radical (unpaired) electrons. The SMILES string of the molecule is [2H]C([2H])([2H])NC(=O)c1nnc(NC(=O)C2CC2)cc1Nc1cccc(-c2cc(C(=O)N3CCN(C(C)C)CC3)n(C)n2)c1OC. The van der Waals surface area contributed by atoms with E-state index in [9.17, 15) is 14.4 Å². The molecular formula is C29H37N9O4. The predicted molar refractivity (Wildman–Crippen MR) is 158 cm³/mol. The fraction of sp³-hybridized carbons (Fsp3) is 0.448. The summed E-state index contributed by atoms with van der Waals surface area (Å²) in [4.78, 5) is 42.8. The lowest BCUT2D eigenvalue weighted by molar-refractivity contribution is -0.117. The molecule has 1 aliphatic carbocycles. The van der Waals surface area contributed by atoms with Gasteiger partial charge in [-0.1, -0.05) is 6.07 Å². The van der Waals surface area contributed by atoms with Gasteiger partial charge in [-0.2, -0.15) is 5.10 Å². The molecule has 13 nitrogen and oxygen atoms in total. The number of anilines is 3. The zero-order valence-corrected chi connectivity index (χ0v) is 24.1. The number of rotatable bonds is 9. The minimum atomic E-state index is -2.76. The molecule has 0 bridgehead atoms. The van der Waals surface area contributed by atoms with Gasteiger partial charge in [0.05, 0.1) is 24.2 Å². The lowest BCUT2D eigenvalue weighted by Gasteiger charge is -2.36. The van der Waals surface area contributed by atoms with E-state index in [1.807, 2.05) is 10.2 Å². The van der Waals surface area contributed by atoms with E-state index in [0.717, 1.165) is 25.9 Å². The Morgan fingerprint density at radius 3 is 2.50 bits per heavy atom. The van der Waals surface area contributed by atoms with Crippen LogP contribution in [0.2, 0.25) is 0 Å². The van der Waals surface area contributed by atoms with E-state index in [-0.39, 0.29) is 34.9 Å². The largest absolute Gasteiger partial charge is 0.494 e. The average Bonchev–Trinajstić information content (AvgIpc) is 3.77. The molecule has 2 aromatic heterocycles. The number of carbonyl (C=O) groups excluding carboxylic acids is 3. The molecule has 0 unspecified atom stereocenters. The van der Waals surface area contributed by atoms with Gasteiger partial charge in [0.2, 0.25) is 5.91 Å². The number of para-hydroxylation sites is 1. The molecule has 0 spiro atoms. The van der Waals surface area contributed by atoms with Crippen LogP contribution in [0.4, 0.5) is 17.2 Å². The molecule has 3 N–H and O–H groups in total. The van der Waals surface area contributed by atoms with Crippen LogP contribution in [0.3, 0.4) is 0 Å². The second-order valence-corrected chi connectivity index (χ2v) is 10.7. The number of ether oxygens (including phenoxy) is 1. The lowest BCUT2D eigenvalue weighted by Crippen LogP contribution is -2.51. The summed E-state index contributed by atoms with van der Waals surface area (Å²) in [5.41, 5.74) is 1.68. The number of nitrogens with zero attached hydrogens (tertiary/aromatic N) is 6. The third-order valence-corrected chi connectivity index (χ3v) is 7.52. The van der Waals surface area contributed by atoms with Crippen LogP contribution >= 0.6 is 0 Å². The monoisotopic (exact) mass is 578 g/mol. The number of piperazine rings is 1. The first-order chi connectivity index (χ1) is 21.3. The minimum absolute atomic E-state index is 0.0886. The van der Waals surface area contributed by atoms with Crippen molar-refractivity contribution in [2.45, 2.75) is 32.7 Å². The van der Waals surface area contributed by atoms with Gasteiger partial charge in [-0.05, 0) is 44.9 Å². The van der Waals surface area contributed by atoms with Crippen molar-refractivity contribution < 1.29 is 23.2 Å². The van der Waals surface area contributed by atoms with Gasteiger partial charge in [0.15, 0.2) is 17.3 Å². The summed E-state index contributed by atoms with van der Waals surface area (Å²) < 4.78 is 29.6. The van der Waals surface area contributed by atoms with Gasteiger partial charge in [0, 0.05) is 67.9 Å². The molecule has 3 heterocycles. The summed E-state index contributed by atoms with van der Waals surface area (Å²) in [6, 6.07) is 8.77. The van der Waals surface area contributed by atoms with Crippen molar-refractivity contribution in [2.75, 3.05) is 50.9 Å².